The van der Waals surface area contributed by atoms with Crippen molar-refractivity contribution in [3.8, 4) is 0 Å². The van der Waals surface area contributed by atoms with Crippen molar-refractivity contribution >= 4 is 71.0 Å². The third kappa shape index (κ3) is 20.0. The lowest BCUT2D eigenvalue weighted by Crippen LogP contribution is -2.64. The Labute approximate surface area is 537 Å². The van der Waals surface area contributed by atoms with Crippen LogP contribution in [0.4, 0.5) is 4.79 Å². The second-order valence-corrected chi connectivity index (χ2v) is 25.9. The summed E-state index contributed by atoms with van der Waals surface area (Å²) in [5.74, 6) is -10.6. The second kappa shape index (κ2) is 34.5. The van der Waals surface area contributed by atoms with Gasteiger partial charge in [0.05, 0.1) is 12.6 Å². The van der Waals surface area contributed by atoms with Gasteiger partial charge in [0, 0.05) is 75.3 Å². The molecule has 2 fully saturated rings. The molecule has 4 rings (SSSR count). The molecule has 11 atom stereocenters. The topological polar surface area (TPSA) is 299 Å². The van der Waals surface area contributed by atoms with E-state index in [0.717, 1.165) is 33.1 Å². The number of hydrogen-bond donors (Lipinski definition) is 5. The first-order valence-corrected chi connectivity index (χ1v) is 31.8. The predicted octanol–water partition coefficient (Wildman–Crippen LogP) is 2.28. The van der Waals surface area contributed by atoms with Crippen LogP contribution < -0.4 is 21.3 Å². The van der Waals surface area contributed by atoms with Crippen LogP contribution in [0.5, 0.6) is 0 Å². The third-order valence-electron chi connectivity index (χ3n) is 17.5. The van der Waals surface area contributed by atoms with Gasteiger partial charge in [-0.1, -0.05) is 122 Å². The minimum absolute atomic E-state index is 0.0157. The van der Waals surface area contributed by atoms with Crippen LogP contribution in [-0.4, -0.2) is 245 Å². The molecule has 2 saturated heterocycles. The number of rotatable bonds is 13. The molecule has 0 spiro atoms. The molecular weight excluding hydrogens is 1170 g/mol. The molecular formula is C66H102N12O13. The SMILES string of the molecule is CC[C@H](C)[C@@H]1NC(=O)[C@H](Cc2ccccc2)N(C)C(=O)N(C)C(=O)[C@H]([C@@H](C)O)NC(=O)[C@H](CC(C)C)NC(=O)[C@H](CC(C)C)N(C)C(=O)[C@H](C)N(C)C(=O)CN(C)C(=O)[C@@H](C(=O)N2CCCCC2)NC(=O)[C@H](Cc2ccccc2)N(C)C(=O)[C@H](C(C)C)N(C)C1=O. The fourth-order valence-corrected chi connectivity index (χ4v) is 11.4. The number of piperidine rings is 1. The summed E-state index contributed by atoms with van der Waals surface area (Å²) in [6, 6.07) is 3.44. The Kier molecular flexibility index (Phi) is 28.6. The number of benzene rings is 2. The summed E-state index contributed by atoms with van der Waals surface area (Å²) in [6.45, 7) is 16.7. The van der Waals surface area contributed by atoms with E-state index in [-0.39, 0.29) is 50.6 Å². The molecule has 2 aliphatic rings. The predicted molar refractivity (Wildman–Crippen MR) is 343 cm³/mol. The highest BCUT2D eigenvalue weighted by Gasteiger charge is 2.45. The first kappa shape index (κ1) is 75.5. The van der Waals surface area contributed by atoms with Crippen molar-refractivity contribution in [1.82, 2.24) is 60.5 Å². The minimum Gasteiger partial charge on any atom is -0.391 e. The standard InChI is InChI=1S/C66H102N12O13/c1-18-42(8)52-62(87)76(16)55(41(6)7)65(90)74(14)49(36-45-28-22-19-23-29-45)58(83)70-54(64(89)78-32-26-21-27-33-78)61(86)71(11)38-51(80)72(12)43(9)60(85)73(13)48(35-40(4)5)57(82)67-47(34-39(2)3)56(81)69-53(44(10)79)63(88)77(17)66(91)75(15)50(59(84)68-52)37-46-30-24-20-25-31-46/h19-20,22-25,28-31,39-44,47-50,52-55,79H,18,21,26-27,32-38H2,1-17H3,(H,67,82)(H,68,84)(H,69,81)(H,70,83)/t42-,43-,44+,47-,48-,49-,50-,52-,53-,54-,55-/m0/s1. The lowest BCUT2D eigenvalue weighted by molar-refractivity contribution is -0.153. The average molecular weight is 1270 g/mol. The fraction of sp³-hybridized carbons (Fsp3) is 0.636. The molecule has 2 aromatic carbocycles. The minimum atomic E-state index is -1.89. The Bertz CT molecular complexity index is 2870. The lowest BCUT2D eigenvalue weighted by atomic mass is 9.94. The van der Waals surface area contributed by atoms with Crippen molar-refractivity contribution in [3.05, 3.63) is 71.8 Å². The van der Waals surface area contributed by atoms with Gasteiger partial charge in [0.25, 0.3) is 17.7 Å². The summed E-state index contributed by atoms with van der Waals surface area (Å²) in [6.07, 6.45) is 0.659. The normalized spacial score (nSPS) is 25.5. The van der Waals surface area contributed by atoms with Gasteiger partial charge in [-0.15, -0.1) is 0 Å². The zero-order chi connectivity index (χ0) is 68.5. The summed E-state index contributed by atoms with van der Waals surface area (Å²) in [4.78, 5) is 186. The number of nitrogens with zero attached hydrogens (tertiary/aromatic N) is 8. The number of amides is 13. The van der Waals surface area contributed by atoms with E-state index in [9.17, 15) is 43.5 Å². The molecule has 91 heavy (non-hydrogen) atoms. The third-order valence-corrected chi connectivity index (χ3v) is 17.5. The summed E-state index contributed by atoms with van der Waals surface area (Å²) < 4.78 is 0. The maximum atomic E-state index is 15.3. The number of carbonyl (C=O) groups is 12. The molecule has 13 amide bonds. The summed E-state index contributed by atoms with van der Waals surface area (Å²) >= 11 is 0. The summed E-state index contributed by atoms with van der Waals surface area (Å²) in [5, 5.41) is 22.0. The Morgan fingerprint density at radius 1 is 0.527 bits per heavy atom. The number of aliphatic hydroxyl groups excluding tert-OH is 1. The van der Waals surface area contributed by atoms with Crippen LogP contribution >= 0.6 is 0 Å². The number of likely N-dealkylation sites (tertiary alicyclic amines) is 1. The number of nitrogens with one attached hydrogen (secondary N) is 4. The molecule has 2 heterocycles. The van der Waals surface area contributed by atoms with Crippen molar-refractivity contribution in [2.45, 2.75) is 181 Å². The average Bonchev–Trinajstić information content (AvgIpc) is 1.23. The van der Waals surface area contributed by atoms with Crippen molar-refractivity contribution < 1.29 is 62.6 Å². The quantitative estimate of drug-likeness (QED) is 0.180. The van der Waals surface area contributed by atoms with E-state index in [1.54, 1.807) is 102 Å². The number of carbonyl (C=O) groups excluding carboxylic acids is 12. The van der Waals surface area contributed by atoms with Gasteiger partial charge in [-0.25, -0.2) is 4.79 Å². The van der Waals surface area contributed by atoms with Crippen LogP contribution in [0.15, 0.2) is 60.7 Å². The highest BCUT2D eigenvalue weighted by Crippen LogP contribution is 2.23. The second-order valence-electron chi connectivity index (χ2n) is 25.9. The largest absolute Gasteiger partial charge is 0.391 e. The van der Waals surface area contributed by atoms with Crippen LogP contribution in [-0.2, 0) is 65.6 Å². The molecule has 504 valence electrons. The van der Waals surface area contributed by atoms with Gasteiger partial charge in [0.2, 0.25) is 47.3 Å². The molecule has 0 unspecified atom stereocenters. The van der Waals surface area contributed by atoms with Crippen molar-refractivity contribution in [2.24, 2.45) is 23.7 Å². The molecule has 0 aliphatic carbocycles. The highest BCUT2D eigenvalue weighted by molar-refractivity contribution is 6.08. The van der Waals surface area contributed by atoms with Crippen molar-refractivity contribution in [1.29, 1.82) is 0 Å². The summed E-state index contributed by atoms with van der Waals surface area (Å²) in [5.41, 5.74) is 1.20. The van der Waals surface area contributed by atoms with Gasteiger partial charge in [-0.2, -0.15) is 0 Å². The summed E-state index contributed by atoms with van der Waals surface area (Å²) in [7, 11) is 9.20. The van der Waals surface area contributed by atoms with Gasteiger partial charge in [0.15, 0.2) is 6.04 Å². The molecule has 25 nitrogen and oxygen atoms in total. The lowest BCUT2D eigenvalue weighted by Gasteiger charge is -2.39. The van der Waals surface area contributed by atoms with E-state index in [0.29, 0.717) is 35.3 Å². The molecule has 5 N–H and O–H groups in total. The zero-order valence-corrected chi connectivity index (χ0v) is 56.6. The highest BCUT2D eigenvalue weighted by atomic mass is 16.3. The molecule has 25 heteroatoms. The Morgan fingerprint density at radius 2 is 1.01 bits per heavy atom. The number of aliphatic hydroxyl groups is 1. The number of imide groups is 1. The molecule has 0 radical (unpaired) electrons. The fourth-order valence-electron chi connectivity index (χ4n) is 11.4. The first-order chi connectivity index (χ1) is 42.7. The zero-order valence-electron chi connectivity index (χ0n) is 56.6. The maximum Gasteiger partial charge on any atom is 0.326 e. The Balaban J connectivity index is 1.95. The van der Waals surface area contributed by atoms with Crippen LogP contribution in [0, 0.1) is 23.7 Å². The molecule has 0 aromatic heterocycles. The van der Waals surface area contributed by atoms with E-state index in [4.69, 9.17) is 0 Å². The van der Waals surface area contributed by atoms with Gasteiger partial charge in [0.1, 0.15) is 48.3 Å². The maximum absolute atomic E-state index is 15.3. The van der Waals surface area contributed by atoms with Gasteiger partial charge >= 0.3 is 6.03 Å². The number of hydrogen-bond acceptors (Lipinski definition) is 13. The monoisotopic (exact) mass is 1270 g/mol. The van der Waals surface area contributed by atoms with Crippen molar-refractivity contribution in [2.75, 3.05) is 69.0 Å². The van der Waals surface area contributed by atoms with E-state index in [1.807, 2.05) is 13.8 Å². The van der Waals surface area contributed by atoms with Crippen LogP contribution in [0.2, 0.25) is 0 Å². The van der Waals surface area contributed by atoms with Gasteiger partial charge in [-0.05, 0) is 80.8 Å². The smallest absolute Gasteiger partial charge is 0.326 e. The number of urea groups is 1. The molecule has 2 aliphatic heterocycles. The molecule has 0 bridgehead atoms. The Hall–Kier alpha value is -7.96. The van der Waals surface area contributed by atoms with Gasteiger partial charge < -0.3 is 60.7 Å². The number of likely N-dealkylation sites (N-methyl/N-ethyl adjacent to an activating group) is 7. The molecule has 0 saturated carbocycles. The van der Waals surface area contributed by atoms with E-state index in [1.165, 1.54) is 70.8 Å². The van der Waals surface area contributed by atoms with E-state index < -0.39 is 150 Å². The van der Waals surface area contributed by atoms with Crippen LogP contribution in [0.1, 0.15) is 119 Å². The molecule has 2 aromatic rings. The van der Waals surface area contributed by atoms with E-state index >= 15 is 19.2 Å². The van der Waals surface area contributed by atoms with Crippen LogP contribution in [0.3, 0.4) is 0 Å². The van der Waals surface area contributed by atoms with E-state index in [2.05, 4.69) is 21.3 Å². The Morgan fingerprint density at radius 3 is 1.51 bits per heavy atom. The van der Waals surface area contributed by atoms with Gasteiger partial charge in [-0.3, -0.25) is 57.6 Å². The van der Waals surface area contributed by atoms with Crippen molar-refractivity contribution in [3.63, 3.8) is 0 Å². The van der Waals surface area contributed by atoms with Crippen LogP contribution in [0.25, 0.3) is 0 Å². The first-order valence-electron chi connectivity index (χ1n) is 31.8.